The Bertz CT molecular complexity index is 1380. The predicted octanol–water partition coefficient (Wildman–Crippen LogP) is 3.15. The molecule has 1 unspecified atom stereocenters. The third kappa shape index (κ3) is 3.81. The van der Waals surface area contributed by atoms with Gasteiger partial charge in [0.2, 0.25) is 16.8 Å². The molecule has 1 amide bonds. The average molecular weight is 494 g/mol. The first-order valence-corrected chi connectivity index (χ1v) is 12.7. The van der Waals surface area contributed by atoms with Crippen LogP contribution >= 0.6 is 22.9 Å². The van der Waals surface area contributed by atoms with E-state index in [9.17, 15) is 13.2 Å². The summed E-state index contributed by atoms with van der Waals surface area (Å²) in [7, 11) is -1.86. The van der Waals surface area contributed by atoms with Crippen LogP contribution in [0.4, 0.5) is 0 Å². The summed E-state index contributed by atoms with van der Waals surface area (Å²) in [5, 5.41) is 0.467. The van der Waals surface area contributed by atoms with Crippen molar-refractivity contribution in [3.05, 3.63) is 46.2 Å². The van der Waals surface area contributed by atoms with Gasteiger partial charge in [-0.3, -0.25) is 4.79 Å². The molecule has 3 heterocycles. The van der Waals surface area contributed by atoms with Gasteiger partial charge in [-0.1, -0.05) is 22.9 Å². The molecule has 0 N–H and O–H groups in total. The van der Waals surface area contributed by atoms with Gasteiger partial charge >= 0.3 is 0 Å². The van der Waals surface area contributed by atoms with Gasteiger partial charge in [0.1, 0.15) is 0 Å². The summed E-state index contributed by atoms with van der Waals surface area (Å²) >= 11 is 7.26. The third-order valence-electron chi connectivity index (χ3n) is 5.69. The average Bonchev–Trinajstić information content (AvgIpc) is 3.36. The number of carbonyl (C=O) groups excluding carboxylic acids is 1. The van der Waals surface area contributed by atoms with Crippen LogP contribution in [0.1, 0.15) is 12.8 Å². The highest BCUT2D eigenvalue weighted by Gasteiger charge is 2.33. The van der Waals surface area contributed by atoms with E-state index in [1.54, 1.807) is 12.1 Å². The number of ether oxygens (including phenoxy) is 2. The lowest BCUT2D eigenvalue weighted by molar-refractivity contribution is -0.122. The van der Waals surface area contributed by atoms with Gasteiger partial charge in [0.15, 0.2) is 16.3 Å². The lowest BCUT2D eigenvalue weighted by atomic mass is 9.99. The highest BCUT2D eigenvalue weighted by Crippen LogP contribution is 2.36. The number of halogens is 1. The summed E-state index contributed by atoms with van der Waals surface area (Å²) in [6.07, 6.45) is 1.19. The van der Waals surface area contributed by atoms with E-state index in [1.807, 2.05) is 23.7 Å². The monoisotopic (exact) mass is 493 g/mol. The zero-order valence-corrected chi connectivity index (χ0v) is 19.5. The molecule has 0 spiro atoms. The van der Waals surface area contributed by atoms with Crippen LogP contribution in [0.2, 0.25) is 5.02 Å². The molecule has 0 bridgehead atoms. The van der Waals surface area contributed by atoms with E-state index in [2.05, 4.69) is 4.99 Å². The van der Waals surface area contributed by atoms with Crippen molar-refractivity contribution in [3.8, 4) is 11.5 Å². The number of fused-ring (bicyclic) bond motifs is 2. The van der Waals surface area contributed by atoms with E-state index in [0.717, 1.165) is 10.2 Å². The summed E-state index contributed by atoms with van der Waals surface area (Å²) < 4.78 is 41.0. The molecule has 2 aromatic carbocycles. The number of piperidine rings is 1. The molecule has 3 aromatic rings. The van der Waals surface area contributed by atoms with E-state index in [4.69, 9.17) is 21.1 Å². The van der Waals surface area contributed by atoms with Crippen molar-refractivity contribution in [3.63, 3.8) is 0 Å². The number of thiazole rings is 1. The molecule has 1 saturated heterocycles. The Balaban J connectivity index is 1.40. The minimum atomic E-state index is -3.70. The predicted molar refractivity (Wildman–Crippen MR) is 120 cm³/mol. The second kappa shape index (κ2) is 8.18. The van der Waals surface area contributed by atoms with Gasteiger partial charge in [0.05, 0.1) is 21.0 Å². The van der Waals surface area contributed by atoms with Crippen LogP contribution in [-0.2, 0) is 21.9 Å². The third-order valence-corrected chi connectivity index (χ3v) is 8.92. The number of carbonyl (C=O) groups is 1. The molecular formula is C21H20ClN3O5S2. The van der Waals surface area contributed by atoms with Crippen molar-refractivity contribution in [2.45, 2.75) is 17.7 Å². The highest BCUT2D eigenvalue weighted by atomic mass is 35.5. The molecule has 1 atom stereocenters. The lowest BCUT2D eigenvalue weighted by Gasteiger charge is -2.30. The molecule has 8 nitrogen and oxygen atoms in total. The molecule has 5 rings (SSSR count). The normalized spacial score (nSPS) is 19.6. The fourth-order valence-corrected chi connectivity index (χ4v) is 6.61. The zero-order chi connectivity index (χ0) is 22.5. The second-order valence-corrected chi connectivity index (χ2v) is 11.1. The largest absolute Gasteiger partial charge is 0.454 e. The standard InChI is InChI=1S/C21H20ClN3O5S2/c1-24-16-9-17-18(30-12-29-17)10-19(16)31-21(24)23-20(26)13-3-2-8-25(11-13)32(27,28)15-6-4-14(22)5-7-15/h4-7,9-10,13H,2-3,8,11-12H2,1H3. The minimum Gasteiger partial charge on any atom is -0.454 e. The molecule has 0 radical (unpaired) electrons. The van der Waals surface area contributed by atoms with Crippen molar-refractivity contribution >= 4 is 49.1 Å². The van der Waals surface area contributed by atoms with E-state index in [-0.39, 0.29) is 24.1 Å². The van der Waals surface area contributed by atoms with Gasteiger partial charge in [0.25, 0.3) is 5.91 Å². The van der Waals surface area contributed by atoms with Gasteiger partial charge in [-0.15, -0.1) is 0 Å². The molecule has 2 aliphatic rings. The fourth-order valence-electron chi connectivity index (χ4n) is 3.93. The highest BCUT2D eigenvalue weighted by molar-refractivity contribution is 7.89. The molecule has 0 saturated carbocycles. The van der Waals surface area contributed by atoms with Crippen molar-refractivity contribution in [1.29, 1.82) is 0 Å². The number of nitrogens with zero attached hydrogens (tertiary/aromatic N) is 3. The molecule has 1 aromatic heterocycles. The fraction of sp³-hybridized carbons (Fsp3) is 0.333. The number of aryl methyl sites for hydroxylation is 1. The number of amides is 1. The SMILES string of the molecule is Cn1c(=NC(=O)C2CCCN(S(=O)(=O)c3ccc(Cl)cc3)C2)sc2cc3c(cc21)OCO3. The summed E-state index contributed by atoms with van der Waals surface area (Å²) in [6, 6.07) is 9.81. The van der Waals surface area contributed by atoms with E-state index < -0.39 is 15.9 Å². The van der Waals surface area contributed by atoms with Crippen LogP contribution < -0.4 is 14.3 Å². The van der Waals surface area contributed by atoms with E-state index >= 15 is 0 Å². The molecule has 168 valence electrons. The summed E-state index contributed by atoms with van der Waals surface area (Å²) in [6.45, 7) is 0.679. The number of hydrogen-bond donors (Lipinski definition) is 0. The van der Waals surface area contributed by atoms with Crippen LogP contribution in [0.3, 0.4) is 0 Å². The Morgan fingerprint density at radius 3 is 2.66 bits per heavy atom. The number of benzene rings is 2. The van der Waals surface area contributed by atoms with E-state index in [1.165, 1.54) is 27.8 Å². The van der Waals surface area contributed by atoms with Gasteiger partial charge < -0.3 is 14.0 Å². The van der Waals surface area contributed by atoms with Crippen molar-refractivity contribution < 1.29 is 22.7 Å². The van der Waals surface area contributed by atoms with Gasteiger partial charge in [0, 0.05) is 37.3 Å². The first kappa shape index (κ1) is 21.4. The maximum absolute atomic E-state index is 13.0. The molecular weight excluding hydrogens is 474 g/mol. The number of aromatic nitrogens is 1. The van der Waals surface area contributed by atoms with Crippen molar-refractivity contribution in [2.24, 2.45) is 18.0 Å². The topological polar surface area (TPSA) is 90.2 Å². The first-order chi connectivity index (χ1) is 15.3. The first-order valence-electron chi connectivity index (χ1n) is 10.1. The molecule has 0 aliphatic carbocycles. The van der Waals surface area contributed by atoms with Crippen LogP contribution in [0.15, 0.2) is 46.3 Å². The van der Waals surface area contributed by atoms with Crippen LogP contribution in [-0.4, -0.2) is 43.1 Å². The van der Waals surface area contributed by atoms with Gasteiger partial charge in [-0.25, -0.2) is 8.42 Å². The maximum atomic E-state index is 13.0. The van der Waals surface area contributed by atoms with Crippen molar-refractivity contribution in [1.82, 2.24) is 8.87 Å². The summed E-state index contributed by atoms with van der Waals surface area (Å²) in [5.41, 5.74) is 0.890. The van der Waals surface area contributed by atoms with Crippen LogP contribution in [0.5, 0.6) is 11.5 Å². The Kier molecular flexibility index (Phi) is 5.48. The maximum Gasteiger partial charge on any atom is 0.252 e. The van der Waals surface area contributed by atoms with Gasteiger partial charge in [-0.05, 0) is 37.1 Å². The minimum absolute atomic E-state index is 0.109. The number of sulfonamides is 1. The lowest BCUT2D eigenvalue weighted by Crippen LogP contribution is -2.42. The van der Waals surface area contributed by atoms with Crippen LogP contribution in [0.25, 0.3) is 10.2 Å². The Hall–Kier alpha value is -2.40. The Morgan fingerprint density at radius 1 is 1.19 bits per heavy atom. The van der Waals surface area contributed by atoms with Crippen molar-refractivity contribution in [2.75, 3.05) is 19.9 Å². The Labute approximate surface area is 193 Å². The smallest absolute Gasteiger partial charge is 0.252 e. The summed E-state index contributed by atoms with van der Waals surface area (Å²) in [5.74, 6) is 0.530. The van der Waals surface area contributed by atoms with E-state index in [0.29, 0.717) is 40.7 Å². The molecule has 2 aliphatic heterocycles. The van der Waals surface area contributed by atoms with Gasteiger partial charge in [-0.2, -0.15) is 9.30 Å². The molecule has 32 heavy (non-hydrogen) atoms. The summed E-state index contributed by atoms with van der Waals surface area (Å²) in [4.78, 5) is 18.0. The van der Waals surface area contributed by atoms with Crippen LogP contribution in [0, 0.1) is 5.92 Å². The molecule has 11 heteroatoms. The quantitative estimate of drug-likeness (QED) is 0.559. The molecule has 1 fully saturated rings. The Morgan fingerprint density at radius 2 is 1.91 bits per heavy atom. The number of rotatable bonds is 3. The zero-order valence-electron chi connectivity index (χ0n) is 17.2. The second-order valence-electron chi connectivity index (χ2n) is 7.72. The number of hydrogen-bond acceptors (Lipinski definition) is 6.